The van der Waals surface area contributed by atoms with Crippen molar-refractivity contribution in [1.82, 2.24) is 9.80 Å². The fraction of sp³-hybridized carbons (Fsp3) is 0.346. The topological polar surface area (TPSA) is 99.6 Å². The number of carbonyl (C=O) groups is 3. The van der Waals surface area contributed by atoms with Crippen molar-refractivity contribution in [1.29, 1.82) is 0 Å². The van der Waals surface area contributed by atoms with Crippen molar-refractivity contribution in [3.05, 3.63) is 65.2 Å². The molecule has 2 aromatic rings. The largest absolute Gasteiger partial charge is 0.507 e. The summed E-state index contributed by atoms with van der Waals surface area (Å²) in [5, 5.41) is 11.4. The molecule has 0 saturated carbocycles. The van der Waals surface area contributed by atoms with Crippen molar-refractivity contribution in [2.45, 2.75) is 5.54 Å². The molecule has 3 aliphatic heterocycles. The maximum absolute atomic E-state index is 14.0. The molecule has 2 amide bonds. The summed E-state index contributed by atoms with van der Waals surface area (Å²) in [5.74, 6) is -1.94. The Labute approximate surface area is 203 Å². The molecule has 3 heterocycles. The molecule has 0 aromatic heterocycles. The van der Waals surface area contributed by atoms with Gasteiger partial charge in [-0.2, -0.15) is 0 Å². The van der Waals surface area contributed by atoms with E-state index in [2.05, 4.69) is 4.90 Å². The van der Waals surface area contributed by atoms with Crippen LogP contribution in [0.25, 0.3) is 5.76 Å². The quantitative estimate of drug-likeness (QED) is 0.397. The molecule has 3 aliphatic rings. The number of methoxy groups -OCH3 is 1. The first-order chi connectivity index (χ1) is 16.9. The second-order valence-electron chi connectivity index (χ2n) is 8.78. The number of likely N-dealkylation sites (N-methyl/N-ethyl adjacent to an activating group) is 1. The monoisotopic (exact) mass is 477 g/mol. The van der Waals surface area contributed by atoms with Crippen LogP contribution in [0.3, 0.4) is 0 Å². The third-order valence-electron chi connectivity index (χ3n) is 7.05. The number of likely N-dealkylation sites (tertiary alicyclic amines) is 1. The molecular formula is C26H27N3O6. The van der Waals surface area contributed by atoms with Crippen LogP contribution >= 0.6 is 0 Å². The Bertz CT molecular complexity index is 1220. The van der Waals surface area contributed by atoms with E-state index in [-0.39, 0.29) is 12.1 Å². The number of anilines is 1. The number of para-hydroxylation sites is 1. The van der Waals surface area contributed by atoms with Gasteiger partial charge in [0, 0.05) is 50.0 Å². The smallest absolute Gasteiger partial charge is 0.296 e. The molecule has 9 heteroatoms. The highest BCUT2D eigenvalue weighted by atomic mass is 16.5. The number of ether oxygens (including phenoxy) is 2. The van der Waals surface area contributed by atoms with E-state index in [9.17, 15) is 19.5 Å². The highest BCUT2D eigenvalue weighted by molar-refractivity contribution is 6.50. The fourth-order valence-electron chi connectivity index (χ4n) is 5.23. The summed E-state index contributed by atoms with van der Waals surface area (Å²) in [6.45, 7) is 3.20. The Kier molecular flexibility index (Phi) is 5.82. The number of nitrogens with zero attached hydrogens (tertiary/aromatic N) is 3. The van der Waals surface area contributed by atoms with E-state index in [0.29, 0.717) is 55.4 Å². The minimum absolute atomic E-state index is 0.151. The lowest BCUT2D eigenvalue weighted by atomic mass is 9.82. The molecular weight excluding hydrogens is 450 g/mol. The molecule has 2 saturated heterocycles. The maximum Gasteiger partial charge on any atom is 0.296 e. The van der Waals surface area contributed by atoms with Crippen LogP contribution in [0.15, 0.2) is 54.1 Å². The van der Waals surface area contributed by atoms with E-state index in [0.717, 1.165) is 0 Å². The highest BCUT2D eigenvalue weighted by Gasteiger charge is 2.66. The molecule has 0 unspecified atom stereocenters. The second-order valence-corrected chi connectivity index (χ2v) is 8.78. The SMILES string of the molecule is COc1ccc(C(O)=C2C(=O)C(=O)N(CCN3CCOCC3)[C@]23C(=O)N(C)c2ccccc23)cc1. The van der Waals surface area contributed by atoms with Gasteiger partial charge in [-0.15, -0.1) is 0 Å². The van der Waals surface area contributed by atoms with Gasteiger partial charge in [0.25, 0.3) is 17.6 Å². The zero-order valence-corrected chi connectivity index (χ0v) is 19.7. The number of morpholine rings is 1. The summed E-state index contributed by atoms with van der Waals surface area (Å²) in [6, 6.07) is 13.6. The predicted molar refractivity (Wildman–Crippen MR) is 128 cm³/mol. The van der Waals surface area contributed by atoms with Crippen LogP contribution in [-0.4, -0.2) is 86.1 Å². The molecule has 5 rings (SSSR count). The van der Waals surface area contributed by atoms with Gasteiger partial charge in [-0.25, -0.2) is 0 Å². The molecule has 0 aliphatic carbocycles. The number of aliphatic hydroxyl groups is 1. The van der Waals surface area contributed by atoms with Crippen LogP contribution in [0.5, 0.6) is 5.75 Å². The van der Waals surface area contributed by atoms with Gasteiger partial charge in [0.15, 0.2) is 5.54 Å². The van der Waals surface area contributed by atoms with Crippen molar-refractivity contribution in [2.75, 3.05) is 58.5 Å². The van der Waals surface area contributed by atoms with E-state index in [1.807, 2.05) is 0 Å². The van der Waals surface area contributed by atoms with Crippen molar-refractivity contribution >= 4 is 29.0 Å². The van der Waals surface area contributed by atoms with Crippen LogP contribution in [-0.2, 0) is 24.7 Å². The molecule has 9 nitrogen and oxygen atoms in total. The number of hydrogen-bond donors (Lipinski definition) is 1. The number of aliphatic hydroxyl groups excluding tert-OH is 1. The zero-order valence-electron chi connectivity index (χ0n) is 19.7. The first-order valence-electron chi connectivity index (χ1n) is 11.5. The zero-order chi connectivity index (χ0) is 24.7. The summed E-state index contributed by atoms with van der Waals surface area (Å²) in [6.07, 6.45) is 0. The third-order valence-corrected chi connectivity index (χ3v) is 7.05. The Morgan fingerprint density at radius 3 is 2.40 bits per heavy atom. The lowest BCUT2D eigenvalue weighted by Crippen LogP contribution is -2.53. The Balaban J connectivity index is 1.68. The number of carbonyl (C=O) groups excluding carboxylic acids is 3. The first kappa shape index (κ1) is 23.1. The molecule has 1 N–H and O–H groups in total. The average molecular weight is 478 g/mol. The highest BCUT2D eigenvalue weighted by Crippen LogP contribution is 2.53. The van der Waals surface area contributed by atoms with E-state index in [4.69, 9.17) is 9.47 Å². The molecule has 182 valence electrons. The molecule has 1 spiro atoms. The van der Waals surface area contributed by atoms with Crippen molar-refractivity contribution in [2.24, 2.45) is 0 Å². The molecule has 35 heavy (non-hydrogen) atoms. The first-order valence-corrected chi connectivity index (χ1v) is 11.5. The van der Waals surface area contributed by atoms with Crippen molar-refractivity contribution in [3.8, 4) is 5.75 Å². The second kappa shape index (κ2) is 8.83. The van der Waals surface area contributed by atoms with Gasteiger partial charge in [-0.3, -0.25) is 19.3 Å². The Hall–Kier alpha value is -3.69. The van der Waals surface area contributed by atoms with Crippen LogP contribution in [0, 0.1) is 0 Å². The number of hydrogen-bond acceptors (Lipinski definition) is 7. The molecule has 2 aromatic carbocycles. The predicted octanol–water partition coefficient (Wildman–Crippen LogP) is 1.58. The Morgan fingerprint density at radius 2 is 1.71 bits per heavy atom. The average Bonchev–Trinajstić information content (AvgIpc) is 3.26. The summed E-state index contributed by atoms with van der Waals surface area (Å²) >= 11 is 0. The van der Waals surface area contributed by atoms with Gasteiger partial charge < -0.3 is 24.4 Å². The number of ketones is 1. The number of benzene rings is 2. The lowest BCUT2D eigenvalue weighted by Gasteiger charge is -2.36. The van der Waals surface area contributed by atoms with Crippen LogP contribution in [0.2, 0.25) is 0 Å². The fourth-order valence-corrected chi connectivity index (χ4v) is 5.23. The summed E-state index contributed by atoms with van der Waals surface area (Å²) in [4.78, 5) is 45.8. The minimum Gasteiger partial charge on any atom is -0.507 e. The standard InChI is InChI=1S/C26H27N3O6/c1-27-20-6-4-3-5-19(20)26(25(27)33)21(22(30)17-7-9-18(34-2)10-8-17)23(31)24(32)29(26)12-11-28-13-15-35-16-14-28/h3-10,30H,11-16H2,1-2H3/t26-/m0/s1. The van der Waals surface area contributed by atoms with Gasteiger partial charge in [-0.05, 0) is 30.3 Å². The van der Waals surface area contributed by atoms with Gasteiger partial charge in [0.1, 0.15) is 11.5 Å². The van der Waals surface area contributed by atoms with Crippen molar-refractivity contribution < 1.29 is 29.0 Å². The summed E-state index contributed by atoms with van der Waals surface area (Å²) in [5.41, 5.74) is -0.539. The van der Waals surface area contributed by atoms with Gasteiger partial charge >= 0.3 is 0 Å². The maximum atomic E-state index is 14.0. The van der Waals surface area contributed by atoms with Gasteiger partial charge in [0.05, 0.1) is 25.9 Å². The molecule has 0 radical (unpaired) electrons. The molecule has 1 atom stereocenters. The molecule has 0 bridgehead atoms. The summed E-state index contributed by atoms with van der Waals surface area (Å²) < 4.78 is 10.6. The van der Waals surface area contributed by atoms with E-state index in [1.54, 1.807) is 55.6 Å². The van der Waals surface area contributed by atoms with E-state index >= 15 is 0 Å². The van der Waals surface area contributed by atoms with Crippen LogP contribution in [0.1, 0.15) is 11.1 Å². The molecule has 2 fully saturated rings. The third kappa shape index (κ3) is 3.42. The van der Waals surface area contributed by atoms with Gasteiger partial charge in [0.2, 0.25) is 0 Å². The summed E-state index contributed by atoms with van der Waals surface area (Å²) in [7, 11) is 3.14. The normalized spacial score (nSPS) is 23.9. The number of amides is 2. The number of rotatable bonds is 5. The Morgan fingerprint density at radius 1 is 1.03 bits per heavy atom. The van der Waals surface area contributed by atoms with Crippen molar-refractivity contribution in [3.63, 3.8) is 0 Å². The van der Waals surface area contributed by atoms with E-state index < -0.39 is 28.9 Å². The van der Waals surface area contributed by atoms with Gasteiger partial charge in [-0.1, -0.05) is 18.2 Å². The van der Waals surface area contributed by atoms with Crippen LogP contribution in [0.4, 0.5) is 5.69 Å². The lowest BCUT2D eigenvalue weighted by molar-refractivity contribution is -0.144. The minimum atomic E-state index is -1.74. The van der Waals surface area contributed by atoms with Crippen LogP contribution < -0.4 is 9.64 Å². The number of Topliss-reactive ketones (excluding diaryl/α,β-unsaturated/α-hetero) is 1. The number of fused-ring (bicyclic) bond motifs is 2. The van der Waals surface area contributed by atoms with E-state index in [1.165, 1.54) is 16.9 Å².